The highest BCUT2D eigenvalue weighted by Crippen LogP contribution is 2.15. The van der Waals surface area contributed by atoms with Crippen molar-refractivity contribution in [1.82, 2.24) is 0 Å². The van der Waals surface area contributed by atoms with Crippen LogP contribution in [-0.4, -0.2) is 16.5 Å². The van der Waals surface area contributed by atoms with Gasteiger partial charge in [-0.1, -0.05) is 30.0 Å². The number of hydrogen-bond donors (Lipinski definition) is 1. The predicted octanol–water partition coefficient (Wildman–Crippen LogP) is 2.56. The first-order chi connectivity index (χ1) is 7.58. The zero-order chi connectivity index (χ0) is 11.9. The summed E-state index contributed by atoms with van der Waals surface area (Å²) in [7, 11) is 0. The number of aliphatic hydroxyl groups is 1. The van der Waals surface area contributed by atoms with Crippen LogP contribution >= 0.6 is 11.8 Å². The van der Waals surface area contributed by atoms with Gasteiger partial charge in [0, 0.05) is 4.90 Å². The van der Waals surface area contributed by atoms with Crippen molar-refractivity contribution >= 4 is 11.8 Å². The summed E-state index contributed by atoms with van der Waals surface area (Å²) in [4.78, 5) is 1.20. The first kappa shape index (κ1) is 12.7. The number of rotatable bonds is 2. The Kier molecular flexibility index (Phi) is 4.99. The molecule has 0 saturated carbocycles. The van der Waals surface area contributed by atoms with Gasteiger partial charge in [-0.25, -0.2) is 0 Å². The van der Waals surface area contributed by atoms with Crippen molar-refractivity contribution in [2.75, 3.05) is 5.75 Å². The lowest BCUT2D eigenvalue weighted by Crippen LogP contribution is -2.14. The predicted molar refractivity (Wildman–Crippen MR) is 69.0 cm³/mol. The van der Waals surface area contributed by atoms with Gasteiger partial charge in [-0.15, -0.1) is 11.8 Å². The van der Waals surface area contributed by atoms with E-state index in [9.17, 15) is 5.11 Å². The van der Waals surface area contributed by atoms with Gasteiger partial charge in [0.2, 0.25) is 0 Å². The Labute approximate surface area is 101 Å². The van der Waals surface area contributed by atoms with E-state index < -0.39 is 5.60 Å². The van der Waals surface area contributed by atoms with Crippen LogP contribution in [0.15, 0.2) is 35.2 Å². The zero-order valence-electron chi connectivity index (χ0n) is 9.45. The van der Waals surface area contributed by atoms with Gasteiger partial charge in [0.05, 0.1) is 5.75 Å². The minimum atomic E-state index is -0.957. The number of benzene rings is 1. The highest BCUT2D eigenvalue weighted by molar-refractivity contribution is 7.99. The Morgan fingerprint density at radius 2 is 1.88 bits per heavy atom. The summed E-state index contributed by atoms with van der Waals surface area (Å²) in [6, 6.07) is 10.1. The fourth-order valence-electron chi connectivity index (χ4n) is 0.901. The Morgan fingerprint density at radius 3 is 2.50 bits per heavy atom. The van der Waals surface area contributed by atoms with Crippen molar-refractivity contribution in [3.05, 3.63) is 30.3 Å². The van der Waals surface area contributed by atoms with Crippen molar-refractivity contribution in [3.8, 4) is 23.7 Å². The zero-order valence-corrected chi connectivity index (χ0v) is 10.3. The Morgan fingerprint density at radius 1 is 1.19 bits per heavy atom. The van der Waals surface area contributed by atoms with Crippen LogP contribution in [0.2, 0.25) is 0 Å². The number of thioether (sulfide) groups is 1. The van der Waals surface area contributed by atoms with Gasteiger partial charge in [-0.3, -0.25) is 0 Å². The molecule has 1 aromatic carbocycles. The first-order valence-electron chi connectivity index (χ1n) is 4.98. The molecule has 1 rings (SSSR count). The third-order valence-corrected chi connectivity index (χ3v) is 2.47. The minimum absolute atomic E-state index is 0.713. The maximum absolute atomic E-state index is 9.31. The molecule has 0 heterocycles. The average Bonchev–Trinajstić information content (AvgIpc) is 2.23. The topological polar surface area (TPSA) is 20.2 Å². The van der Waals surface area contributed by atoms with E-state index in [0.29, 0.717) is 5.75 Å². The van der Waals surface area contributed by atoms with Crippen molar-refractivity contribution in [3.63, 3.8) is 0 Å². The summed E-state index contributed by atoms with van der Waals surface area (Å²) in [5.41, 5.74) is -0.957. The molecule has 0 saturated heterocycles. The molecule has 1 nitrogen and oxygen atoms in total. The van der Waals surface area contributed by atoms with E-state index in [-0.39, 0.29) is 0 Å². The van der Waals surface area contributed by atoms with E-state index in [1.54, 1.807) is 25.6 Å². The van der Waals surface area contributed by atoms with Gasteiger partial charge < -0.3 is 5.11 Å². The summed E-state index contributed by atoms with van der Waals surface area (Å²) in [5.74, 6) is 11.6. The second kappa shape index (κ2) is 6.28. The number of hydrogen-bond acceptors (Lipinski definition) is 2. The van der Waals surface area contributed by atoms with E-state index in [2.05, 4.69) is 35.8 Å². The molecule has 0 unspecified atom stereocenters. The highest BCUT2D eigenvalue weighted by Gasteiger charge is 2.04. The molecule has 0 fully saturated rings. The van der Waals surface area contributed by atoms with Gasteiger partial charge in [0.25, 0.3) is 0 Å². The van der Waals surface area contributed by atoms with Crippen LogP contribution in [0.1, 0.15) is 13.8 Å². The van der Waals surface area contributed by atoms with Crippen LogP contribution in [0.5, 0.6) is 0 Å². The minimum Gasteiger partial charge on any atom is -0.378 e. The van der Waals surface area contributed by atoms with E-state index in [1.165, 1.54) is 4.90 Å². The molecule has 2 heteroatoms. The molecule has 0 radical (unpaired) electrons. The molecule has 1 N–H and O–H groups in total. The molecule has 0 aliphatic rings. The van der Waals surface area contributed by atoms with E-state index in [4.69, 9.17) is 0 Å². The molecule has 0 aliphatic heterocycles. The summed E-state index contributed by atoms with van der Waals surface area (Å²) in [5, 5.41) is 9.31. The molecule has 0 bridgehead atoms. The summed E-state index contributed by atoms with van der Waals surface area (Å²) >= 11 is 1.67. The second-order valence-corrected chi connectivity index (χ2v) is 4.76. The van der Waals surface area contributed by atoms with Gasteiger partial charge in [-0.05, 0) is 37.8 Å². The fourth-order valence-corrected chi connectivity index (χ4v) is 1.56. The molecular weight excluding hydrogens is 216 g/mol. The molecule has 0 spiro atoms. The van der Waals surface area contributed by atoms with Crippen LogP contribution in [0.25, 0.3) is 0 Å². The first-order valence-corrected chi connectivity index (χ1v) is 5.97. The molecule has 0 amide bonds. The van der Waals surface area contributed by atoms with Gasteiger partial charge in [-0.2, -0.15) is 0 Å². The van der Waals surface area contributed by atoms with Crippen molar-refractivity contribution in [2.24, 2.45) is 0 Å². The average molecular weight is 230 g/mol. The Hall–Kier alpha value is -1.35. The lowest BCUT2D eigenvalue weighted by atomic mass is 10.1. The molecule has 0 aliphatic carbocycles. The lowest BCUT2D eigenvalue weighted by molar-refractivity contribution is 0.143. The van der Waals surface area contributed by atoms with Gasteiger partial charge in [0.1, 0.15) is 5.60 Å². The van der Waals surface area contributed by atoms with E-state index in [1.807, 2.05) is 18.2 Å². The van der Waals surface area contributed by atoms with Gasteiger partial charge in [0.15, 0.2) is 0 Å². The standard InChI is InChI=1S/C14H14OS/c1-14(2,15)11-7-4-8-12-16-13-9-5-3-6-10-13/h3,5-6,9-10,15H,12H2,1-2H3. The van der Waals surface area contributed by atoms with Crippen LogP contribution in [0.4, 0.5) is 0 Å². The monoisotopic (exact) mass is 230 g/mol. The second-order valence-electron chi connectivity index (χ2n) is 3.71. The largest absolute Gasteiger partial charge is 0.378 e. The van der Waals surface area contributed by atoms with Crippen molar-refractivity contribution < 1.29 is 5.11 Å². The third kappa shape index (κ3) is 6.19. The molecule has 82 valence electrons. The maximum Gasteiger partial charge on any atom is 0.120 e. The summed E-state index contributed by atoms with van der Waals surface area (Å²) < 4.78 is 0. The molecule has 1 aromatic rings. The smallest absolute Gasteiger partial charge is 0.120 e. The van der Waals surface area contributed by atoms with E-state index in [0.717, 1.165) is 0 Å². The third-order valence-electron chi connectivity index (χ3n) is 1.57. The quantitative estimate of drug-likeness (QED) is 0.622. The van der Waals surface area contributed by atoms with Crippen LogP contribution in [0, 0.1) is 23.7 Å². The fraction of sp³-hybridized carbons (Fsp3) is 0.286. The summed E-state index contributed by atoms with van der Waals surface area (Å²) in [6.45, 7) is 3.28. The Bertz CT molecular complexity index is 435. The molecular formula is C14H14OS. The Balaban J connectivity index is 2.36. The van der Waals surface area contributed by atoms with Gasteiger partial charge >= 0.3 is 0 Å². The van der Waals surface area contributed by atoms with Crippen LogP contribution < -0.4 is 0 Å². The molecule has 16 heavy (non-hydrogen) atoms. The van der Waals surface area contributed by atoms with Crippen molar-refractivity contribution in [2.45, 2.75) is 24.3 Å². The maximum atomic E-state index is 9.31. The van der Waals surface area contributed by atoms with Crippen molar-refractivity contribution in [1.29, 1.82) is 0 Å². The normalized spacial score (nSPS) is 9.69. The molecule has 0 atom stereocenters. The molecule has 0 aromatic heterocycles. The SMILES string of the molecule is CC(C)(O)C#CC#CCSc1ccccc1. The van der Waals surface area contributed by atoms with Crippen LogP contribution in [-0.2, 0) is 0 Å². The summed E-state index contributed by atoms with van der Waals surface area (Å²) in [6.07, 6.45) is 0. The van der Waals surface area contributed by atoms with Crippen LogP contribution in [0.3, 0.4) is 0 Å². The lowest BCUT2D eigenvalue weighted by Gasteiger charge is -2.04. The van der Waals surface area contributed by atoms with E-state index >= 15 is 0 Å². The highest BCUT2D eigenvalue weighted by atomic mass is 32.2.